The van der Waals surface area contributed by atoms with Gasteiger partial charge in [0.15, 0.2) is 0 Å². The van der Waals surface area contributed by atoms with Gasteiger partial charge in [-0.2, -0.15) is 0 Å². The maximum atomic E-state index is 13.7. The molecule has 0 aliphatic carbocycles. The van der Waals surface area contributed by atoms with E-state index in [1.54, 1.807) is 24.3 Å². The number of benzene rings is 2. The van der Waals surface area contributed by atoms with Crippen molar-refractivity contribution in [2.45, 2.75) is 66.8 Å². The largest absolute Gasteiger partial charge is 0.272 e. The van der Waals surface area contributed by atoms with E-state index in [-0.39, 0.29) is 23.3 Å². The molecule has 0 heterocycles. The average Bonchev–Trinajstić information content (AvgIpc) is 2.68. The Morgan fingerprint density at radius 3 is 2.33 bits per heavy atom. The van der Waals surface area contributed by atoms with E-state index in [2.05, 4.69) is 46.1 Å². The van der Waals surface area contributed by atoms with Crippen molar-refractivity contribution in [2.24, 2.45) is 5.41 Å². The van der Waals surface area contributed by atoms with Crippen molar-refractivity contribution in [1.82, 2.24) is 10.4 Å². The van der Waals surface area contributed by atoms with E-state index >= 15 is 0 Å². The highest BCUT2D eigenvalue weighted by Gasteiger charge is 2.35. The fourth-order valence-electron chi connectivity index (χ4n) is 3.64. The number of hydrazine groups is 1. The normalized spacial score (nSPS) is 12.4. The number of carbonyl (C=O) groups is 2. The molecule has 162 valence electrons. The third-order valence-electron chi connectivity index (χ3n) is 5.23. The highest BCUT2D eigenvalue weighted by atomic mass is 35.5. The first kappa shape index (κ1) is 23.9. The zero-order valence-electron chi connectivity index (χ0n) is 18.9. The second kappa shape index (κ2) is 10.1. The Balaban J connectivity index is 2.50. The van der Waals surface area contributed by atoms with Crippen LogP contribution in [0.1, 0.15) is 79.3 Å². The molecule has 0 aromatic heterocycles. The minimum Gasteiger partial charge on any atom is -0.267 e. The summed E-state index contributed by atoms with van der Waals surface area (Å²) in [7, 11) is 0. The van der Waals surface area contributed by atoms with Gasteiger partial charge in [0.1, 0.15) is 0 Å². The highest BCUT2D eigenvalue weighted by molar-refractivity contribution is 6.33. The molecular weight excluding hydrogens is 396 g/mol. The van der Waals surface area contributed by atoms with Crippen molar-refractivity contribution in [3.63, 3.8) is 0 Å². The van der Waals surface area contributed by atoms with Crippen LogP contribution in [0.3, 0.4) is 0 Å². The maximum Gasteiger partial charge on any atom is 0.272 e. The molecule has 0 bridgehead atoms. The van der Waals surface area contributed by atoms with Gasteiger partial charge in [-0.25, -0.2) is 5.01 Å². The molecule has 0 spiro atoms. The summed E-state index contributed by atoms with van der Waals surface area (Å²) < 4.78 is 0. The van der Waals surface area contributed by atoms with Gasteiger partial charge in [0, 0.05) is 5.56 Å². The van der Waals surface area contributed by atoms with Crippen molar-refractivity contribution in [3.05, 3.63) is 69.7 Å². The monoisotopic (exact) mass is 428 g/mol. The lowest BCUT2D eigenvalue weighted by Gasteiger charge is -2.40. The molecule has 0 aliphatic heterocycles. The number of rotatable bonds is 6. The molecule has 30 heavy (non-hydrogen) atoms. The molecule has 0 saturated heterocycles. The summed E-state index contributed by atoms with van der Waals surface area (Å²) in [5, 5.41) is 1.87. The Labute approximate surface area is 185 Å². The van der Waals surface area contributed by atoms with Crippen LogP contribution in [0, 0.1) is 12.3 Å². The van der Waals surface area contributed by atoms with E-state index in [0.717, 1.165) is 30.4 Å². The fourth-order valence-corrected chi connectivity index (χ4v) is 3.86. The van der Waals surface area contributed by atoms with E-state index < -0.39 is 0 Å². The van der Waals surface area contributed by atoms with Crippen LogP contribution in [-0.4, -0.2) is 22.9 Å². The van der Waals surface area contributed by atoms with Gasteiger partial charge in [0.2, 0.25) is 0 Å². The number of nitrogens with one attached hydrogen (secondary N) is 1. The highest BCUT2D eigenvalue weighted by Crippen LogP contribution is 2.29. The Morgan fingerprint density at radius 1 is 1.10 bits per heavy atom. The number of hydrogen-bond donors (Lipinski definition) is 1. The summed E-state index contributed by atoms with van der Waals surface area (Å²) >= 11 is 6.23. The summed E-state index contributed by atoms with van der Waals surface area (Å²) in [5.41, 5.74) is 5.70. The third-order valence-corrected chi connectivity index (χ3v) is 5.55. The minimum absolute atomic E-state index is 0.174. The lowest BCUT2D eigenvalue weighted by molar-refractivity contribution is 0.0271. The molecule has 0 saturated carbocycles. The molecule has 4 nitrogen and oxygen atoms in total. The third kappa shape index (κ3) is 5.85. The van der Waals surface area contributed by atoms with Crippen LogP contribution in [0.4, 0.5) is 0 Å². The first-order valence-corrected chi connectivity index (χ1v) is 11.0. The van der Waals surface area contributed by atoms with Gasteiger partial charge in [-0.3, -0.25) is 15.0 Å². The van der Waals surface area contributed by atoms with Gasteiger partial charge in [-0.15, -0.1) is 0 Å². The van der Waals surface area contributed by atoms with Crippen LogP contribution in [0.25, 0.3) is 0 Å². The minimum atomic E-state index is -0.386. The van der Waals surface area contributed by atoms with Crippen LogP contribution < -0.4 is 5.43 Å². The van der Waals surface area contributed by atoms with Crippen molar-refractivity contribution in [1.29, 1.82) is 0 Å². The van der Waals surface area contributed by atoms with E-state index in [1.165, 1.54) is 5.01 Å². The van der Waals surface area contributed by atoms with Crippen LogP contribution in [-0.2, 0) is 6.42 Å². The predicted octanol–water partition coefficient (Wildman–Crippen LogP) is 6.21. The number of amides is 2. The molecule has 0 aliphatic rings. The summed E-state index contributed by atoms with van der Waals surface area (Å²) in [6, 6.07) is 12.6. The van der Waals surface area contributed by atoms with Crippen molar-refractivity contribution < 1.29 is 9.59 Å². The Hall–Kier alpha value is -2.33. The van der Waals surface area contributed by atoms with Gasteiger partial charge in [0.25, 0.3) is 11.8 Å². The SMILES string of the molecule is CCC[C@H](N(NC(=O)c1ccccc1Cl)C(=O)c1cc(C)cc(CC)c1)C(C)(C)C. The van der Waals surface area contributed by atoms with E-state index in [0.29, 0.717) is 16.1 Å². The first-order chi connectivity index (χ1) is 14.1. The van der Waals surface area contributed by atoms with E-state index in [1.807, 2.05) is 19.1 Å². The summed E-state index contributed by atoms with van der Waals surface area (Å²) in [5.74, 6) is -0.593. The topological polar surface area (TPSA) is 49.4 Å². The van der Waals surface area contributed by atoms with Gasteiger partial charge in [-0.1, -0.05) is 76.4 Å². The predicted molar refractivity (Wildman–Crippen MR) is 124 cm³/mol. The molecule has 1 atom stereocenters. The van der Waals surface area contributed by atoms with E-state index in [4.69, 9.17) is 11.6 Å². The smallest absolute Gasteiger partial charge is 0.267 e. The van der Waals surface area contributed by atoms with E-state index in [9.17, 15) is 9.59 Å². The zero-order chi connectivity index (χ0) is 22.5. The van der Waals surface area contributed by atoms with Crippen molar-refractivity contribution >= 4 is 23.4 Å². The Bertz CT molecular complexity index is 902. The number of halogens is 1. The standard InChI is InChI=1S/C25H33ClN2O2/c1-7-11-22(25(4,5)6)28(27-23(29)20-12-9-10-13-21(20)26)24(30)19-15-17(3)14-18(8-2)16-19/h9-10,12-16,22H,7-8,11H2,1-6H3,(H,27,29)/t22-/m0/s1. The molecule has 0 fully saturated rings. The molecule has 0 unspecified atom stereocenters. The number of hydrogen-bond acceptors (Lipinski definition) is 2. The van der Waals surface area contributed by atoms with Crippen LogP contribution in [0.15, 0.2) is 42.5 Å². The van der Waals surface area contributed by atoms with Crippen molar-refractivity contribution in [3.8, 4) is 0 Å². The molecule has 5 heteroatoms. The Morgan fingerprint density at radius 2 is 1.77 bits per heavy atom. The number of aryl methyl sites for hydroxylation is 2. The Kier molecular flexibility index (Phi) is 8.08. The molecule has 2 aromatic carbocycles. The maximum absolute atomic E-state index is 13.7. The zero-order valence-corrected chi connectivity index (χ0v) is 19.6. The molecule has 0 radical (unpaired) electrons. The number of carbonyl (C=O) groups excluding carboxylic acids is 2. The van der Waals surface area contributed by atoms with Gasteiger partial charge < -0.3 is 0 Å². The van der Waals surface area contributed by atoms with Gasteiger partial charge >= 0.3 is 0 Å². The second-order valence-corrected chi connectivity index (χ2v) is 9.23. The number of nitrogens with zero attached hydrogens (tertiary/aromatic N) is 1. The fraction of sp³-hybridized carbons (Fsp3) is 0.440. The molecule has 2 aromatic rings. The lowest BCUT2D eigenvalue weighted by Crippen LogP contribution is -2.56. The molecule has 2 rings (SSSR count). The summed E-state index contributed by atoms with van der Waals surface area (Å²) in [6.45, 7) is 12.4. The first-order valence-electron chi connectivity index (χ1n) is 10.6. The van der Waals surface area contributed by atoms with Crippen LogP contribution in [0.5, 0.6) is 0 Å². The van der Waals surface area contributed by atoms with Crippen molar-refractivity contribution in [2.75, 3.05) is 0 Å². The quantitative estimate of drug-likeness (QED) is 0.555. The summed E-state index contributed by atoms with van der Waals surface area (Å²) in [4.78, 5) is 26.7. The molecule has 1 N–H and O–H groups in total. The lowest BCUT2D eigenvalue weighted by atomic mass is 9.83. The molecular formula is C25H33ClN2O2. The van der Waals surface area contributed by atoms with Crippen LogP contribution in [0.2, 0.25) is 5.02 Å². The summed E-state index contributed by atoms with van der Waals surface area (Å²) in [6.07, 6.45) is 2.50. The molecule has 2 amide bonds. The van der Waals surface area contributed by atoms with Crippen LogP contribution >= 0.6 is 11.6 Å². The average molecular weight is 429 g/mol. The van der Waals surface area contributed by atoms with Gasteiger partial charge in [0.05, 0.1) is 16.6 Å². The second-order valence-electron chi connectivity index (χ2n) is 8.83. The van der Waals surface area contributed by atoms with Gasteiger partial charge in [-0.05, 0) is 55.0 Å².